The van der Waals surface area contributed by atoms with Crippen LogP contribution >= 0.6 is 11.6 Å². The number of halogens is 2. The number of benzene rings is 2. The number of anilines is 1. The fourth-order valence-corrected chi connectivity index (χ4v) is 4.22. The van der Waals surface area contributed by atoms with Gasteiger partial charge in [0.25, 0.3) is 0 Å². The van der Waals surface area contributed by atoms with Crippen molar-refractivity contribution in [3.05, 3.63) is 59.4 Å². The maximum atomic E-state index is 13.3. The molecule has 26 heavy (non-hydrogen) atoms. The van der Waals surface area contributed by atoms with Crippen molar-refractivity contribution in [2.24, 2.45) is 0 Å². The molecule has 0 spiro atoms. The second-order valence-corrected chi connectivity index (χ2v) is 8.16. The molecule has 0 aromatic heterocycles. The van der Waals surface area contributed by atoms with Gasteiger partial charge in [0.15, 0.2) is 0 Å². The van der Waals surface area contributed by atoms with E-state index in [4.69, 9.17) is 11.6 Å². The molecule has 1 aliphatic heterocycles. The molecule has 0 unspecified atom stereocenters. The van der Waals surface area contributed by atoms with E-state index >= 15 is 0 Å². The van der Waals surface area contributed by atoms with Crippen molar-refractivity contribution in [2.75, 3.05) is 31.5 Å². The highest BCUT2D eigenvalue weighted by atomic mass is 35.5. The third kappa shape index (κ3) is 4.14. The standard InChI is InChI=1S/C17H17ClFN3O3S/c18-13-4-6-15(7-5-13)20-17(23)21-8-10-22(11-9-21)26(24,25)16-3-1-2-14(19)12-16/h1-7,12H,8-11H2,(H,20,23). The largest absolute Gasteiger partial charge is 0.322 e. The fraction of sp³-hybridized carbons (Fsp3) is 0.235. The zero-order valence-corrected chi connectivity index (χ0v) is 15.3. The molecule has 1 N–H and O–H groups in total. The molecule has 2 aromatic carbocycles. The van der Waals surface area contributed by atoms with Crippen LogP contribution in [0.2, 0.25) is 5.02 Å². The van der Waals surface area contributed by atoms with Gasteiger partial charge in [-0.05, 0) is 42.5 Å². The van der Waals surface area contributed by atoms with E-state index in [1.54, 1.807) is 24.3 Å². The Hall–Kier alpha value is -2.16. The van der Waals surface area contributed by atoms with Crippen LogP contribution in [0.25, 0.3) is 0 Å². The normalized spacial score (nSPS) is 15.7. The summed E-state index contributed by atoms with van der Waals surface area (Å²) in [7, 11) is -3.78. The monoisotopic (exact) mass is 397 g/mol. The molecule has 1 aliphatic rings. The number of rotatable bonds is 3. The highest BCUT2D eigenvalue weighted by molar-refractivity contribution is 7.89. The van der Waals surface area contributed by atoms with Crippen LogP contribution in [-0.2, 0) is 10.0 Å². The minimum atomic E-state index is -3.78. The van der Waals surface area contributed by atoms with Crippen molar-refractivity contribution >= 4 is 33.3 Å². The zero-order chi connectivity index (χ0) is 18.7. The molecule has 0 radical (unpaired) electrons. The van der Waals surface area contributed by atoms with E-state index in [2.05, 4.69) is 5.32 Å². The topological polar surface area (TPSA) is 69.7 Å². The van der Waals surface area contributed by atoms with Crippen LogP contribution in [0.5, 0.6) is 0 Å². The fourth-order valence-electron chi connectivity index (χ4n) is 2.64. The summed E-state index contributed by atoms with van der Waals surface area (Å²) >= 11 is 5.81. The SMILES string of the molecule is O=C(Nc1ccc(Cl)cc1)N1CCN(S(=O)(=O)c2cccc(F)c2)CC1. The molecule has 0 atom stereocenters. The zero-order valence-electron chi connectivity index (χ0n) is 13.7. The second-order valence-electron chi connectivity index (χ2n) is 5.79. The second kappa shape index (κ2) is 7.61. The predicted octanol–water partition coefficient (Wildman–Crippen LogP) is 3.02. The summed E-state index contributed by atoms with van der Waals surface area (Å²) in [6.07, 6.45) is 0. The molecule has 0 bridgehead atoms. The number of nitrogens with zero attached hydrogens (tertiary/aromatic N) is 2. The van der Waals surface area contributed by atoms with Gasteiger partial charge < -0.3 is 10.2 Å². The first-order chi connectivity index (χ1) is 12.4. The molecule has 9 heteroatoms. The summed E-state index contributed by atoms with van der Waals surface area (Å²) < 4.78 is 39.7. The van der Waals surface area contributed by atoms with E-state index in [1.165, 1.54) is 27.4 Å². The third-order valence-corrected chi connectivity index (χ3v) is 6.20. The van der Waals surface area contributed by atoms with Crippen molar-refractivity contribution in [3.8, 4) is 0 Å². The van der Waals surface area contributed by atoms with Crippen LogP contribution in [0, 0.1) is 5.82 Å². The van der Waals surface area contributed by atoms with Crippen LogP contribution in [-0.4, -0.2) is 49.8 Å². The lowest BCUT2D eigenvalue weighted by Crippen LogP contribution is -2.51. The lowest BCUT2D eigenvalue weighted by atomic mass is 10.3. The molecule has 2 aromatic rings. The van der Waals surface area contributed by atoms with Gasteiger partial charge in [-0.1, -0.05) is 17.7 Å². The highest BCUT2D eigenvalue weighted by Crippen LogP contribution is 2.19. The van der Waals surface area contributed by atoms with Crippen molar-refractivity contribution in [2.45, 2.75) is 4.90 Å². The number of urea groups is 1. The van der Waals surface area contributed by atoms with Gasteiger partial charge in [-0.3, -0.25) is 0 Å². The number of piperazine rings is 1. The van der Waals surface area contributed by atoms with Gasteiger partial charge in [0.1, 0.15) is 5.82 Å². The molecule has 6 nitrogen and oxygen atoms in total. The molecule has 1 saturated heterocycles. The van der Waals surface area contributed by atoms with Gasteiger partial charge in [-0.25, -0.2) is 17.6 Å². The molecule has 1 fully saturated rings. The number of carbonyl (C=O) groups excluding carboxylic acids is 1. The first-order valence-electron chi connectivity index (χ1n) is 7.93. The van der Waals surface area contributed by atoms with Gasteiger partial charge in [0.2, 0.25) is 10.0 Å². The Balaban J connectivity index is 1.61. The summed E-state index contributed by atoms with van der Waals surface area (Å²) in [6.45, 7) is 0.779. The van der Waals surface area contributed by atoms with Crippen LogP contribution in [0.3, 0.4) is 0 Å². The van der Waals surface area contributed by atoms with Gasteiger partial charge >= 0.3 is 6.03 Å². The van der Waals surface area contributed by atoms with Gasteiger partial charge in [-0.2, -0.15) is 4.31 Å². The first kappa shape index (κ1) is 18.6. The van der Waals surface area contributed by atoms with E-state index in [1.807, 2.05) is 0 Å². The Labute approximate surface area is 156 Å². The number of hydrogen-bond donors (Lipinski definition) is 1. The maximum Gasteiger partial charge on any atom is 0.321 e. The Kier molecular flexibility index (Phi) is 5.45. The number of carbonyl (C=O) groups is 1. The molecule has 2 amide bonds. The number of nitrogens with one attached hydrogen (secondary N) is 1. The predicted molar refractivity (Wildman–Crippen MR) is 97.2 cm³/mol. The molecule has 0 saturated carbocycles. The summed E-state index contributed by atoms with van der Waals surface area (Å²) in [6, 6.07) is 11.3. The lowest BCUT2D eigenvalue weighted by Gasteiger charge is -2.34. The van der Waals surface area contributed by atoms with Crippen LogP contribution in [0.15, 0.2) is 53.4 Å². The average molecular weight is 398 g/mol. The third-order valence-electron chi connectivity index (χ3n) is 4.06. The average Bonchev–Trinajstić information content (AvgIpc) is 2.64. The summed E-state index contributed by atoms with van der Waals surface area (Å²) in [5.74, 6) is -0.605. The van der Waals surface area contributed by atoms with Gasteiger partial charge in [-0.15, -0.1) is 0 Å². The van der Waals surface area contributed by atoms with E-state index in [0.717, 1.165) is 6.07 Å². The smallest absolute Gasteiger partial charge is 0.321 e. The molecule has 138 valence electrons. The number of sulfonamides is 1. The van der Waals surface area contributed by atoms with Crippen molar-refractivity contribution in [1.82, 2.24) is 9.21 Å². The Morgan fingerprint density at radius 2 is 1.69 bits per heavy atom. The quantitative estimate of drug-likeness (QED) is 0.865. The number of amides is 2. The van der Waals surface area contributed by atoms with Crippen LogP contribution in [0.1, 0.15) is 0 Å². The Morgan fingerprint density at radius 3 is 2.31 bits per heavy atom. The van der Waals surface area contributed by atoms with Gasteiger partial charge in [0.05, 0.1) is 4.90 Å². The van der Waals surface area contributed by atoms with E-state index in [9.17, 15) is 17.6 Å². The van der Waals surface area contributed by atoms with Crippen molar-refractivity contribution in [1.29, 1.82) is 0 Å². The minimum absolute atomic E-state index is 0.0865. The Bertz CT molecular complexity index is 898. The highest BCUT2D eigenvalue weighted by Gasteiger charge is 2.30. The lowest BCUT2D eigenvalue weighted by molar-refractivity contribution is 0.184. The van der Waals surface area contributed by atoms with Crippen LogP contribution in [0.4, 0.5) is 14.9 Å². The Morgan fingerprint density at radius 1 is 1.04 bits per heavy atom. The number of hydrogen-bond acceptors (Lipinski definition) is 3. The van der Waals surface area contributed by atoms with Crippen LogP contribution < -0.4 is 5.32 Å². The summed E-state index contributed by atoms with van der Waals surface area (Å²) in [5, 5.41) is 3.31. The molecule has 3 rings (SSSR count). The van der Waals surface area contributed by atoms with Crippen molar-refractivity contribution in [3.63, 3.8) is 0 Å². The first-order valence-corrected chi connectivity index (χ1v) is 9.75. The molecular formula is C17H17ClFN3O3S. The molecule has 0 aliphatic carbocycles. The van der Waals surface area contributed by atoms with E-state index < -0.39 is 15.8 Å². The summed E-state index contributed by atoms with van der Waals surface area (Å²) in [4.78, 5) is 13.7. The molecular weight excluding hydrogens is 381 g/mol. The molecule has 1 heterocycles. The minimum Gasteiger partial charge on any atom is -0.322 e. The van der Waals surface area contributed by atoms with Gasteiger partial charge in [0, 0.05) is 36.9 Å². The summed E-state index contributed by atoms with van der Waals surface area (Å²) in [5.41, 5.74) is 0.606. The van der Waals surface area contributed by atoms with E-state index in [-0.39, 0.29) is 37.1 Å². The maximum absolute atomic E-state index is 13.3. The van der Waals surface area contributed by atoms with E-state index in [0.29, 0.717) is 10.7 Å². The van der Waals surface area contributed by atoms with Crippen molar-refractivity contribution < 1.29 is 17.6 Å².